The third-order valence-electron chi connectivity index (χ3n) is 5.72. The molecular weight excluding hydrogens is 450 g/mol. The number of amides is 1. The Morgan fingerprint density at radius 1 is 1.12 bits per heavy atom. The van der Waals surface area contributed by atoms with Gasteiger partial charge < -0.3 is 15.2 Å². The van der Waals surface area contributed by atoms with Crippen molar-refractivity contribution >= 4 is 28.4 Å². The average Bonchev–Trinajstić information content (AvgIpc) is 3.45. The van der Waals surface area contributed by atoms with Crippen LogP contribution in [0, 0.1) is 0 Å². The van der Waals surface area contributed by atoms with Crippen LogP contribution >= 0.6 is 0 Å². The van der Waals surface area contributed by atoms with Crippen molar-refractivity contribution < 1.29 is 22.4 Å². The number of carbonyl (C=O) groups is 1. The van der Waals surface area contributed by atoms with Gasteiger partial charge in [-0.2, -0.15) is 13.2 Å². The molecule has 2 aromatic heterocycles. The van der Waals surface area contributed by atoms with E-state index in [1.807, 2.05) is 0 Å². The molecule has 3 heterocycles. The predicted molar refractivity (Wildman–Crippen MR) is 120 cm³/mol. The van der Waals surface area contributed by atoms with Crippen LogP contribution in [0.2, 0.25) is 0 Å². The zero-order valence-electron chi connectivity index (χ0n) is 17.7. The van der Waals surface area contributed by atoms with Gasteiger partial charge in [-0.25, -0.2) is 14.4 Å². The van der Waals surface area contributed by atoms with Crippen LogP contribution in [-0.2, 0) is 6.18 Å². The minimum Gasteiger partial charge on any atom is -0.368 e. The molecule has 0 unspecified atom stereocenters. The molecule has 0 bridgehead atoms. The summed E-state index contributed by atoms with van der Waals surface area (Å²) in [5, 5.41) is 2.66. The van der Waals surface area contributed by atoms with Crippen molar-refractivity contribution in [3.05, 3.63) is 71.9 Å². The van der Waals surface area contributed by atoms with Crippen LogP contribution in [0.4, 0.5) is 29.1 Å². The number of aromatic amines is 1. The van der Waals surface area contributed by atoms with Crippen molar-refractivity contribution in [2.24, 2.45) is 0 Å². The Balaban J connectivity index is 1.57. The molecule has 6 nitrogen and oxygen atoms in total. The second-order valence-electron chi connectivity index (χ2n) is 8.02. The van der Waals surface area contributed by atoms with E-state index in [9.17, 15) is 22.4 Å². The monoisotopic (exact) mass is 469 g/mol. The number of halogens is 4. The molecule has 174 valence electrons. The fourth-order valence-corrected chi connectivity index (χ4v) is 4.09. The minimum atomic E-state index is -4.63. The standard InChI is InChI=1S/C24H19F4N5O/c25-14-9-11-33(13-14)15-7-8-18(24(26,27)28)17(12-15)22-30-19-5-3-4-16(21(19)32-22)23(34)31-20-6-1-2-10-29-20/h1-8,10,12,14H,9,11,13H2,(H,30,32)(H,29,31,34)/t14-/m0/s1. The lowest BCUT2D eigenvalue weighted by molar-refractivity contribution is -0.137. The van der Waals surface area contributed by atoms with Crippen molar-refractivity contribution in [3.63, 3.8) is 0 Å². The molecule has 2 aromatic carbocycles. The Kier molecular flexibility index (Phi) is 5.43. The van der Waals surface area contributed by atoms with Crippen LogP contribution in [-0.4, -0.2) is 40.1 Å². The Morgan fingerprint density at radius 2 is 1.97 bits per heavy atom. The van der Waals surface area contributed by atoms with Crippen molar-refractivity contribution in [3.8, 4) is 11.4 Å². The van der Waals surface area contributed by atoms with E-state index in [2.05, 4.69) is 20.3 Å². The normalized spacial score (nSPS) is 16.2. The number of fused-ring (bicyclic) bond motifs is 1. The molecule has 0 aliphatic carbocycles. The topological polar surface area (TPSA) is 73.9 Å². The molecule has 0 radical (unpaired) electrons. The van der Waals surface area contributed by atoms with Crippen LogP contribution in [0.5, 0.6) is 0 Å². The smallest absolute Gasteiger partial charge is 0.368 e. The summed E-state index contributed by atoms with van der Waals surface area (Å²) in [4.78, 5) is 25.9. The number of hydrogen-bond donors (Lipinski definition) is 2. The number of para-hydroxylation sites is 1. The maximum Gasteiger partial charge on any atom is 0.417 e. The second-order valence-corrected chi connectivity index (χ2v) is 8.02. The Labute approximate surface area is 191 Å². The highest BCUT2D eigenvalue weighted by molar-refractivity contribution is 6.11. The highest BCUT2D eigenvalue weighted by Gasteiger charge is 2.35. The highest BCUT2D eigenvalue weighted by Crippen LogP contribution is 2.39. The highest BCUT2D eigenvalue weighted by atomic mass is 19.4. The number of anilines is 2. The first kappa shape index (κ1) is 21.9. The molecule has 4 aromatic rings. The number of aromatic nitrogens is 3. The first-order valence-electron chi connectivity index (χ1n) is 10.6. The molecule has 10 heteroatoms. The lowest BCUT2D eigenvalue weighted by Crippen LogP contribution is -2.20. The van der Waals surface area contributed by atoms with Gasteiger partial charge in [0, 0.05) is 30.5 Å². The van der Waals surface area contributed by atoms with Crippen LogP contribution < -0.4 is 10.2 Å². The zero-order chi connectivity index (χ0) is 23.9. The van der Waals surface area contributed by atoms with E-state index in [1.54, 1.807) is 35.2 Å². The SMILES string of the molecule is O=C(Nc1ccccn1)c1cccc2[nH]c(-c3cc(N4CC[C@H](F)C4)ccc3C(F)(F)F)nc12. The van der Waals surface area contributed by atoms with Gasteiger partial charge in [0.1, 0.15) is 23.3 Å². The van der Waals surface area contributed by atoms with E-state index >= 15 is 0 Å². The minimum absolute atomic E-state index is 0.0294. The summed E-state index contributed by atoms with van der Waals surface area (Å²) < 4.78 is 55.2. The first-order valence-corrected chi connectivity index (χ1v) is 10.6. The van der Waals surface area contributed by atoms with Gasteiger partial charge in [0.15, 0.2) is 0 Å². The van der Waals surface area contributed by atoms with Gasteiger partial charge in [-0.05, 0) is 48.9 Å². The molecule has 1 atom stereocenters. The first-order chi connectivity index (χ1) is 16.3. The number of alkyl halides is 4. The summed E-state index contributed by atoms with van der Waals surface area (Å²) in [6, 6.07) is 13.5. The molecule has 0 saturated carbocycles. The Hall–Kier alpha value is -3.95. The number of imidazole rings is 1. The number of carbonyl (C=O) groups excluding carboxylic acids is 1. The number of benzene rings is 2. The van der Waals surface area contributed by atoms with Crippen LogP contribution in [0.25, 0.3) is 22.4 Å². The molecule has 1 saturated heterocycles. The van der Waals surface area contributed by atoms with Crippen molar-refractivity contribution in [1.82, 2.24) is 15.0 Å². The maximum atomic E-state index is 13.8. The van der Waals surface area contributed by atoms with E-state index < -0.39 is 23.8 Å². The number of pyridine rings is 1. The molecule has 5 rings (SSSR count). The summed E-state index contributed by atoms with van der Waals surface area (Å²) in [6.45, 7) is 0.548. The lowest BCUT2D eigenvalue weighted by atomic mass is 10.0. The molecule has 2 N–H and O–H groups in total. The summed E-state index contributed by atoms with van der Waals surface area (Å²) >= 11 is 0. The molecule has 1 aliphatic rings. The van der Waals surface area contributed by atoms with E-state index in [0.29, 0.717) is 30.0 Å². The molecule has 34 heavy (non-hydrogen) atoms. The number of H-pyrrole nitrogens is 1. The Bertz CT molecular complexity index is 1350. The zero-order valence-corrected chi connectivity index (χ0v) is 17.7. The van der Waals surface area contributed by atoms with Crippen molar-refractivity contribution in [2.45, 2.75) is 18.8 Å². The van der Waals surface area contributed by atoms with E-state index in [1.165, 1.54) is 24.4 Å². The predicted octanol–water partition coefficient (Wildman–Crippen LogP) is 5.44. The number of rotatable bonds is 4. The van der Waals surface area contributed by atoms with Gasteiger partial charge in [-0.3, -0.25) is 4.79 Å². The number of nitrogens with zero attached hydrogens (tertiary/aromatic N) is 3. The van der Waals surface area contributed by atoms with Gasteiger partial charge in [0.05, 0.1) is 16.6 Å². The summed E-state index contributed by atoms with van der Waals surface area (Å²) in [5.41, 5.74) is 0.277. The molecule has 1 aliphatic heterocycles. The summed E-state index contributed by atoms with van der Waals surface area (Å²) in [6.07, 6.45) is -3.79. The molecular formula is C24H19F4N5O. The summed E-state index contributed by atoms with van der Waals surface area (Å²) in [5.74, 6) is -0.180. The van der Waals surface area contributed by atoms with Crippen molar-refractivity contribution in [2.75, 3.05) is 23.3 Å². The van der Waals surface area contributed by atoms with Gasteiger partial charge >= 0.3 is 6.18 Å². The maximum absolute atomic E-state index is 13.8. The third kappa shape index (κ3) is 4.18. The van der Waals surface area contributed by atoms with Crippen LogP contribution in [0.3, 0.4) is 0 Å². The average molecular weight is 469 g/mol. The lowest BCUT2D eigenvalue weighted by Gasteiger charge is -2.20. The van der Waals surface area contributed by atoms with Crippen LogP contribution in [0.1, 0.15) is 22.3 Å². The Morgan fingerprint density at radius 3 is 2.68 bits per heavy atom. The van der Waals surface area contributed by atoms with Gasteiger partial charge in [-0.1, -0.05) is 12.1 Å². The third-order valence-corrected chi connectivity index (χ3v) is 5.72. The second kappa shape index (κ2) is 8.44. The quantitative estimate of drug-likeness (QED) is 0.390. The van der Waals surface area contributed by atoms with Crippen molar-refractivity contribution in [1.29, 1.82) is 0 Å². The number of nitrogens with one attached hydrogen (secondary N) is 2. The number of hydrogen-bond acceptors (Lipinski definition) is 4. The fraction of sp³-hybridized carbons (Fsp3) is 0.208. The molecule has 1 amide bonds. The fourth-order valence-electron chi connectivity index (χ4n) is 4.09. The van der Waals surface area contributed by atoms with E-state index in [4.69, 9.17) is 0 Å². The molecule has 0 spiro atoms. The van der Waals surface area contributed by atoms with Crippen LogP contribution in [0.15, 0.2) is 60.8 Å². The van der Waals surface area contributed by atoms with E-state index in [0.717, 1.165) is 6.07 Å². The van der Waals surface area contributed by atoms with Gasteiger partial charge in [0.2, 0.25) is 0 Å². The summed E-state index contributed by atoms with van der Waals surface area (Å²) in [7, 11) is 0. The molecule has 1 fully saturated rings. The van der Waals surface area contributed by atoms with Gasteiger partial charge in [-0.15, -0.1) is 0 Å². The van der Waals surface area contributed by atoms with E-state index in [-0.39, 0.29) is 29.0 Å². The van der Waals surface area contributed by atoms with Gasteiger partial charge in [0.25, 0.3) is 5.91 Å². The largest absolute Gasteiger partial charge is 0.417 e.